The summed E-state index contributed by atoms with van der Waals surface area (Å²) in [6.45, 7) is 5.35. The van der Waals surface area contributed by atoms with Gasteiger partial charge in [0.15, 0.2) is 0 Å². The Morgan fingerprint density at radius 1 is 1.22 bits per heavy atom. The van der Waals surface area contributed by atoms with Crippen LogP contribution in [0.3, 0.4) is 0 Å². The Balaban J connectivity index is 1.45. The third kappa shape index (κ3) is 5.52. The van der Waals surface area contributed by atoms with Gasteiger partial charge in [0.1, 0.15) is 12.4 Å². The molecule has 1 saturated carbocycles. The van der Waals surface area contributed by atoms with Crippen LogP contribution >= 0.6 is 0 Å². The van der Waals surface area contributed by atoms with Gasteiger partial charge in [-0.05, 0) is 30.9 Å². The number of benzene rings is 1. The highest BCUT2D eigenvalue weighted by atomic mass is 16.5. The van der Waals surface area contributed by atoms with E-state index in [1.165, 1.54) is 12.8 Å². The number of nitrogens with one attached hydrogen (secondary N) is 1. The van der Waals surface area contributed by atoms with E-state index in [-0.39, 0.29) is 0 Å². The van der Waals surface area contributed by atoms with Gasteiger partial charge in [-0.25, -0.2) is 0 Å². The van der Waals surface area contributed by atoms with E-state index >= 15 is 0 Å². The van der Waals surface area contributed by atoms with Crippen LogP contribution in [-0.4, -0.2) is 32.4 Å². The fourth-order valence-corrected chi connectivity index (χ4v) is 1.73. The molecular formula is C15H23NO2. The number of ether oxygens (including phenoxy) is 2. The highest BCUT2D eigenvalue weighted by Crippen LogP contribution is 2.18. The summed E-state index contributed by atoms with van der Waals surface area (Å²) in [7, 11) is 0. The molecule has 0 saturated heterocycles. The van der Waals surface area contributed by atoms with Crippen molar-refractivity contribution in [2.45, 2.75) is 25.8 Å². The molecule has 18 heavy (non-hydrogen) atoms. The molecule has 1 aromatic rings. The molecule has 3 heteroatoms. The van der Waals surface area contributed by atoms with Crippen molar-refractivity contribution in [3.05, 3.63) is 30.3 Å². The molecule has 1 aromatic carbocycles. The third-order valence-electron chi connectivity index (χ3n) is 2.97. The molecule has 0 heterocycles. The molecule has 0 radical (unpaired) electrons. The average molecular weight is 249 g/mol. The van der Waals surface area contributed by atoms with E-state index in [9.17, 15) is 0 Å². The monoisotopic (exact) mass is 249 g/mol. The quantitative estimate of drug-likeness (QED) is 0.682. The summed E-state index contributed by atoms with van der Waals surface area (Å²) in [5.74, 6) is 1.48. The summed E-state index contributed by atoms with van der Waals surface area (Å²) in [6, 6.07) is 10.6. The summed E-state index contributed by atoms with van der Waals surface area (Å²) in [5, 5.41) is 3.51. The lowest BCUT2D eigenvalue weighted by atomic mass is 10.2. The van der Waals surface area contributed by atoms with Crippen LogP contribution in [0.4, 0.5) is 0 Å². The summed E-state index contributed by atoms with van der Waals surface area (Å²) in [6.07, 6.45) is 2.69. The highest BCUT2D eigenvalue weighted by molar-refractivity contribution is 5.20. The smallest absolute Gasteiger partial charge is 0.119 e. The standard InChI is InChI=1S/C15H23NO2/c1-13(11-16-14-7-8-14)12-17-9-10-18-15-5-3-2-4-6-15/h2-6,13-14,16H,7-12H2,1H3. The zero-order chi connectivity index (χ0) is 12.6. The topological polar surface area (TPSA) is 30.5 Å². The molecule has 2 rings (SSSR count). The Kier molecular flexibility index (Phi) is 5.49. The Morgan fingerprint density at radius 2 is 2.00 bits per heavy atom. The molecule has 1 unspecified atom stereocenters. The van der Waals surface area contributed by atoms with Crippen LogP contribution in [0.15, 0.2) is 30.3 Å². The molecule has 0 aromatic heterocycles. The lowest BCUT2D eigenvalue weighted by Gasteiger charge is -2.13. The van der Waals surface area contributed by atoms with Gasteiger partial charge in [-0.3, -0.25) is 0 Å². The Bertz CT molecular complexity index is 325. The van der Waals surface area contributed by atoms with E-state index < -0.39 is 0 Å². The van der Waals surface area contributed by atoms with Gasteiger partial charge in [-0.15, -0.1) is 0 Å². The van der Waals surface area contributed by atoms with Crippen LogP contribution in [0.25, 0.3) is 0 Å². The fraction of sp³-hybridized carbons (Fsp3) is 0.600. The molecule has 0 aliphatic heterocycles. The first-order chi connectivity index (χ1) is 8.84. The van der Waals surface area contributed by atoms with Crippen LogP contribution in [0, 0.1) is 5.92 Å². The number of hydrogen-bond donors (Lipinski definition) is 1. The maximum absolute atomic E-state index is 5.60. The minimum atomic E-state index is 0.572. The maximum Gasteiger partial charge on any atom is 0.119 e. The van der Waals surface area contributed by atoms with E-state index in [2.05, 4.69) is 12.2 Å². The van der Waals surface area contributed by atoms with Gasteiger partial charge in [-0.1, -0.05) is 25.1 Å². The summed E-state index contributed by atoms with van der Waals surface area (Å²) in [5.41, 5.74) is 0. The van der Waals surface area contributed by atoms with Gasteiger partial charge < -0.3 is 14.8 Å². The maximum atomic E-state index is 5.60. The molecule has 0 spiro atoms. The van der Waals surface area contributed by atoms with Gasteiger partial charge in [0, 0.05) is 12.6 Å². The van der Waals surface area contributed by atoms with Crippen molar-refractivity contribution in [1.82, 2.24) is 5.32 Å². The van der Waals surface area contributed by atoms with Crippen LogP contribution < -0.4 is 10.1 Å². The minimum absolute atomic E-state index is 0.572. The fourth-order valence-electron chi connectivity index (χ4n) is 1.73. The first-order valence-corrected chi connectivity index (χ1v) is 6.83. The van der Waals surface area contributed by atoms with Crippen LogP contribution in [0.1, 0.15) is 19.8 Å². The second-order valence-electron chi connectivity index (χ2n) is 5.02. The Labute approximate surface area is 109 Å². The van der Waals surface area contributed by atoms with E-state index in [0.29, 0.717) is 19.1 Å². The molecule has 1 fully saturated rings. The predicted octanol–water partition coefficient (Wildman–Crippen LogP) is 2.47. The molecule has 1 aliphatic carbocycles. The molecule has 1 aliphatic rings. The zero-order valence-electron chi connectivity index (χ0n) is 11.1. The number of para-hydroxylation sites is 1. The van der Waals surface area contributed by atoms with Crippen LogP contribution in [0.5, 0.6) is 5.75 Å². The minimum Gasteiger partial charge on any atom is -0.491 e. The predicted molar refractivity (Wildman–Crippen MR) is 72.9 cm³/mol. The molecular weight excluding hydrogens is 226 g/mol. The Morgan fingerprint density at radius 3 is 2.72 bits per heavy atom. The average Bonchev–Trinajstić information content (AvgIpc) is 3.21. The van der Waals surface area contributed by atoms with E-state index in [1.54, 1.807) is 0 Å². The first-order valence-electron chi connectivity index (χ1n) is 6.83. The second kappa shape index (κ2) is 7.39. The van der Waals surface area contributed by atoms with Crippen LogP contribution in [-0.2, 0) is 4.74 Å². The normalized spacial score (nSPS) is 16.5. The van der Waals surface area contributed by atoms with E-state index in [1.807, 2.05) is 30.3 Å². The van der Waals surface area contributed by atoms with Crippen molar-refractivity contribution < 1.29 is 9.47 Å². The van der Waals surface area contributed by atoms with E-state index in [4.69, 9.17) is 9.47 Å². The summed E-state index contributed by atoms with van der Waals surface area (Å²) >= 11 is 0. The van der Waals surface area contributed by atoms with Gasteiger partial charge in [0.2, 0.25) is 0 Å². The molecule has 1 atom stereocenters. The van der Waals surface area contributed by atoms with Crippen LogP contribution in [0.2, 0.25) is 0 Å². The second-order valence-corrected chi connectivity index (χ2v) is 5.02. The van der Waals surface area contributed by atoms with Gasteiger partial charge in [-0.2, -0.15) is 0 Å². The van der Waals surface area contributed by atoms with Crippen molar-refractivity contribution in [3.8, 4) is 5.75 Å². The largest absolute Gasteiger partial charge is 0.491 e. The van der Waals surface area contributed by atoms with Crippen molar-refractivity contribution in [2.24, 2.45) is 5.92 Å². The molecule has 100 valence electrons. The third-order valence-corrected chi connectivity index (χ3v) is 2.97. The summed E-state index contributed by atoms with van der Waals surface area (Å²) < 4.78 is 11.2. The first kappa shape index (κ1) is 13.4. The highest BCUT2D eigenvalue weighted by Gasteiger charge is 2.20. The summed E-state index contributed by atoms with van der Waals surface area (Å²) in [4.78, 5) is 0. The van der Waals surface area contributed by atoms with Gasteiger partial charge in [0.25, 0.3) is 0 Å². The van der Waals surface area contributed by atoms with Crippen molar-refractivity contribution in [1.29, 1.82) is 0 Å². The molecule has 1 N–H and O–H groups in total. The van der Waals surface area contributed by atoms with Gasteiger partial charge >= 0.3 is 0 Å². The van der Waals surface area contributed by atoms with E-state index in [0.717, 1.165) is 24.9 Å². The number of rotatable bonds is 9. The Hall–Kier alpha value is -1.06. The van der Waals surface area contributed by atoms with Crippen molar-refractivity contribution >= 4 is 0 Å². The lowest BCUT2D eigenvalue weighted by Crippen LogP contribution is -2.26. The number of hydrogen-bond acceptors (Lipinski definition) is 3. The zero-order valence-corrected chi connectivity index (χ0v) is 11.1. The lowest BCUT2D eigenvalue weighted by molar-refractivity contribution is 0.0777. The SMILES string of the molecule is CC(CNC1CC1)COCCOc1ccccc1. The molecule has 0 bridgehead atoms. The van der Waals surface area contributed by atoms with Crippen molar-refractivity contribution in [3.63, 3.8) is 0 Å². The molecule has 3 nitrogen and oxygen atoms in total. The van der Waals surface area contributed by atoms with Crippen molar-refractivity contribution in [2.75, 3.05) is 26.4 Å². The van der Waals surface area contributed by atoms with Gasteiger partial charge in [0.05, 0.1) is 13.2 Å². The molecule has 0 amide bonds.